The van der Waals surface area contributed by atoms with E-state index in [1.807, 2.05) is 36.4 Å². The van der Waals surface area contributed by atoms with Gasteiger partial charge in [0.1, 0.15) is 23.7 Å². The predicted molar refractivity (Wildman–Crippen MR) is 115 cm³/mol. The number of pyridine rings is 1. The molecule has 0 bridgehead atoms. The summed E-state index contributed by atoms with van der Waals surface area (Å²) in [6.07, 6.45) is 1.76. The molecule has 0 saturated heterocycles. The molecule has 0 aliphatic heterocycles. The van der Waals surface area contributed by atoms with Gasteiger partial charge in [-0.15, -0.1) is 0 Å². The first-order valence-corrected chi connectivity index (χ1v) is 10.0. The minimum atomic E-state index is 0.300. The van der Waals surface area contributed by atoms with Gasteiger partial charge in [0.15, 0.2) is 5.65 Å². The van der Waals surface area contributed by atoms with Crippen LogP contribution in [0.4, 0.5) is 0 Å². The molecule has 0 radical (unpaired) electrons. The monoisotopic (exact) mass is 436 g/mol. The molecule has 0 saturated carbocycles. The van der Waals surface area contributed by atoms with Crippen LogP contribution < -0.4 is 10.1 Å². The van der Waals surface area contributed by atoms with Gasteiger partial charge >= 0.3 is 0 Å². The summed E-state index contributed by atoms with van der Waals surface area (Å²) in [7, 11) is 0. The van der Waals surface area contributed by atoms with Gasteiger partial charge in [0, 0.05) is 28.8 Å². The molecule has 2 aromatic carbocycles. The van der Waals surface area contributed by atoms with Gasteiger partial charge in [-0.25, -0.2) is 9.97 Å². The summed E-state index contributed by atoms with van der Waals surface area (Å²) >= 11 is 3.42. The molecule has 4 aromatic rings. The number of fused-ring (bicyclic) bond motifs is 1. The fourth-order valence-electron chi connectivity index (χ4n) is 3.02. The van der Waals surface area contributed by atoms with Crippen LogP contribution in [0, 0.1) is 0 Å². The summed E-state index contributed by atoms with van der Waals surface area (Å²) in [6, 6.07) is 20.6. The molecule has 4 rings (SSSR count). The maximum Gasteiger partial charge on any atom is 0.157 e. The minimum Gasteiger partial charge on any atom is -0.492 e. The van der Waals surface area contributed by atoms with E-state index in [1.54, 1.807) is 6.20 Å². The zero-order valence-electron chi connectivity index (χ0n) is 15.5. The zero-order valence-corrected chi connectivity index (χ0v) is 17.1. The van der Waals surface area contributed by atoms with Gasteiger partial charge in [-0.05, 0) is 58.7 Å². The fraction of sp³-hybridized carbons (Fsp3) is 0.182. The van der Waals surface area contributed by atoms with Crippen molar-refractivity contribution < 1.29 is 4.74 Å². The molecule has 5 nitrogen and oxygen atoms in total. The molecule has 1 atom stereocenters. The van der Waals surface area contributed by atoms with Crippen LogP contribution in [0.15, 0.2) is 71.3 Å². The van der Waals surface area contributed by atoms with E-state index in [-0.39, 0.29) is 0 Å². The number of benzene rings is 2. The molecule has 6 heteroatoms. The number of hydrogen-bond acceptors (Lipinski definition) is 4. The van der Waals surface area contributed by atoms with Gasteiger partial charge < -0.3 is 15.0 Å². The highest BCUT2D eigenvalue weighted by Crippen LogP contribution is 2.23. The van der Waals surface area contributed by atoms with Gasteiger partial charge in [-0.1, -0.05) is 30.3 Å². The van der Waals surface area contributed by atoms with E-state index in [0.717, 1.165) is 39.3 Å². The Balaban J connectivity index is 1.32. The third kappa shape index (κ3) is 4.40. The largest absolute Gasteiger partial charge is 0.492 e. The SMILES string of the molecule is CC(NCCOc1ccc(-c2nc3cc(Br)cnc3[nH]2)cc1)c1ccccc1. The Morgan fingerprint density at radius 2 is 1.89 bits per heavy atom. The van der Waals surface area contributed by atoms with Crippen molar-refractivity contribution in [2.45, 2.75) is 13.0 Å². The Morgan fingerprint density at radius 1 is 1.11 bits per heavy atom. The Kier molecular flexibility index (Phi) is 5.69. The first kappa shape index (κ1) is 18.7. The number of nitrogens with zero attached hydrogens (tertiary/aromatic N) is 2. The lowest BCUT2D eigenvalue weighted by molar-refractivity contribution is 0.307. The van der Waals surface area contributed by atoms with Crippen molar-refractivity contribution in [1.82, 2.24) is 20.3 Å². The van der Waals surface area contributed by atoms with E-state index in [2.05, 4.69) is 67.4 Å². The summed E-state index contributed by atoms with van der Waals surface area (Å²) in [5.74, 6) is 1.64. The van der Waals surface area contributed by atoms with Gasteiger partial charge in [0.25, 0.3) is 0 Å². The second-order valence-corrected chi connectivity index (χ2v) is 7.48. The Bertz CT molecular complexity index is 1050. The van der Waals surface area contributed by atoms with Crippen LogP contribution in [-0.2, 0) is 0 Å². The Hall–Kier alpha value is -2.70. The maximum absolute atomic E-state index is 5.85. The maximum atomic E-state index is 5.85. The molecule has 2 N–H and O–H groups in total. The summed E-state index contributed by atoms with van der Waals surface area (Å²) in [4.78, 5) is 12.2. The molecule has 2 aromatic heterocycles. The van der Waals surface area contributed by atoms with Crippen molar-refractivity contribution in [3.63, 3.8) is 0 Å². The third-order valence-corrected chi connectivity index (χ3v) is 4.99. The number of hydrogen-bond donors (Lipinski definition) is 2. The molecule has 0 amide bonds. The second-order valence-electron chi connectivity index (χ2n) is 6.57. The molecular formula is C22H21BrN4O. The molecule has 0 aliphatic carbocycles. The van der Waals surface area contributed by atoms with Crippen LogP contribution >= 0.6 is 15.9 Å². The summed E-state index contributed by atoms with van der Waals surface area (Å²) in [5, 5.41) is 3.48. The van der Waals surface area contributed by atoms with Crippen molar-refractivity contribution >= 4 is 27.1 Å². The Labute approximate surface area is 172 Å². The van der Waals surface area contributed by atoms with Crippen LogP contribution in [0.5, 0.6) is 5.75 Å². The lowest BCUT2D eigenvalue weighted by Crippen LogP contribution is -2.24. The van der Waals surface area contributed by atoms with Crippen LogP contribution in [0.1, 0.15) is 18.5 Å². The number of rotatable bonds is 7. The van der Waals surface area contributed by atoms with Crippen LogP contribution in [0.2, 0.25) is 0 Å². The van der Waals surface area contributed by atoms with E-state index in [1.165, 1.54) is 5.56 Å². The fourth-order valence-corrected chi connectivity index (χ4v) is 3.34. The smallest absolute Gasteiger partial charge is 0.157 e. The van der Waals surface area contributed by atoms with Gasteiger partial charge in [0.05, 0.1) is 0 Å². The summed E-state index contributed by atoms with van der Waals surface area (Å²) in [5.41, 5.74) is 3.89. The van der Waals surface area contributed by atoms with Crippen LogP contribution in [0.3, 0.4) is 0 Å². The van der Waals surface area contributed by atoms with Crippen molar-refractivity contribution in [1.29, 1.82) is 0 Å². The average Bonchev–Trinajstić information content (AvgIpc) is 3.15. The van der Waals surface area contributed by atoms with Gasteiger partial charge in [-0.2, -0.15) is 0 Å². The topological polar surface area (TPSA) is 62.8 Å². The van der Waals surface area contributed by atoms with E-state index in [4.69, 9.17) is 4.74 Å². The minimum absolute atomic E-state index is 0.300. The predicted octanol–water partition coefficient (Wildman–Crippen LogP) is 5.12. The van der Waals surface area contributed by atoms with E-state index < -0.39 is 0 Å². The number of aromatic amines is 1. The van der Waals surface area contributed by atoms with E-state index >= 15 is 0 Å². The first-order chi connectivity index (χ1) is 13.7. The molecule has 142 valence electrons. The summed E-state index contributed by atoms with van der Waals surface area (Å²) in [6.45, 7) is 3.55. The first-order valence-electron chi connectivity index (χ1n) is 9.22. The van der Waals surface area contributed by atoms with Crippen LogP contribution in [0.25, 0.3) is 22.6 Å². The number of nitrogens with one attached hydrogen (secondary N) is 2. The van der Waals surface area contributed by atoms with Crippen molar-refractivity contribution in [2.24, 2.45) is 0 Å². The lowest BCUT2D eigenvalue weighted by Gasteiger charge is -2.14. The zero-order chi connectivity index (χ0) is 19.3. The number of imidazole rings is 1. The quantitative estimate of drug-likeness (QED) is 0.394. The van der Waals surface area contributed by atoms with E-state index in [0.29, 0.717) is 12.6 Å². The highest BCUT2D eigenvalue weighted by Gasteiger charge is 2.07. The van der Waals surface area contributed by atoms with Gasteiger partial charge in [0.2, 0.25) is 0 Å². The lowest BCUT2D eigenvalue weighted by atomic mass is 10.1. The van der Waals surface area contributed by atoms with Crippen molar-refractivity contribution in [2.75, 3.05) is 13.2 Å². The highest BCUT2D eigenvalue weighted by atomic mass is 79.9. The van der Waals surface area contributed by atoms with Crippen molar-refractivity contribution in [3.05, 3.63) is 76.9 Å². The van der Waals surface area contributed by atoms with Gasteiger partial charge in [-0.3, -0.25) is 0 Å². The molecular weight excluding hydrogens is 416 g/mol. The second kappa shape index (κ2) is 8.54. The average molecular weight is 437 g/mol. The standard InChI is InChI=1S/C22H21BrN4O/c1-15(16-5-3-2-4-6-16)24-11-12-28-19-9-7-17(8-10-19)21-26-20-13-18(23)14-25-22(20)27-21/h2-10,13-15,24H,11-12H2,1H3,(H,25,26,27). The van der Waals surface area contributed by atoms with Crippen LogP contribution in [-0.4, -0.2) is 28.1 Å². The van der Waals surface area contributed by atoms with E-state index in [9.17, 15) is 0 Å². The van der Waals surface area contributed by atoms with Crippen molar-refractivity contribution in [3.8, 4) is 17.1 Å². The molecule has 0 fully saturated rings. The number of aromatic nitrogens is 3. The molecule has 2 heterocycles. The molecule has 28 heavy (non-hydrogen) atoms. The number of H-pyrrole nitrogens is 1. The normalized spacial score (nSPS) is 12.2. The summed E-state index contributed by atoms with van der Waals surface area (Å²) < 4.78 is 6.76. The highest BCUT2D eigenvalue weighted by molar-refractivity contribution is 9.10. The third-order valence-electron chi connectivity index (χ3n) is 4.55. The Morgan fingerprint density at radius 3 is 2.68 bits per heavy atom. The number of ether oxygens (including phenoxy) is 1. The molecule has 1 unspecified atom stereocenters. The molecule has 0 spiro atoms. The number of halogens is 1. The molecule has 0 aliphatic rings.